The van der Waals surface area contributed by atoms with E-state index in [-0.39, 0.29) is 6.10 Å². The van der Waals surface area contributed by atoms with Gasteiger partial charge in [-0.1, -0.05) is 0 Å². The highest BCUT2D eigenvalue weighted by Gasteiger charge is 2.27. The summed E-state index contributed by atoms with van der Waals surface area (Å²) < 4.78 is 1.22. The largest absolute Gasteiger partial charge is 0.393 e. The highest BCUT2D eigenvalue weighted by atomic mass is 79.9. The summed E-state index contributed by atoms with van der Waals surface area (Å²) in [4.78, 5) is 3.73. The topological polar surface area (TPSA) is 23.5 Å². The summed E-state index contributed by atoms with van der Waals surface area (Å²) in [6.07, 6.45) is 1.93. The van der Waals surface area contributed by atoms with E-state index >= 15 is 0 Å². The third-order valence-electron chi connectivity index (χ3n) is 2.89. The molecule has 1 aromatic rings. The van der Waals surface area contributed by atoms with Gasteiger partial charge in [0.1, 0.15) is 0 Å². The van der Waals surface area contributed by atoms with Gasteiger partial charge in [-0.05, 0) is 53.2 Å². The van der Waals surface area contributed by atoms with Gasteiger partial charge in [0.05, 0.1) is 6.10 Å². The monoisotopic (exact) mass is 289 g/mol. The number of hydrogen-bond acceptors (Lipinski definition) is 3. The predicted molar refractivity (Wildman–Crippen MR) is 67.1 cm³/mol. The van der Waals surface area contributed by atoms with Gasteiger partial charge in [-0.3, -0.25) is 0 Å². The molecule has 0 radical (unpaired) electrons. The average Bonchev–Trinajstić information content (AvgIpc) is 2.49. The minimum absolute atomic E-state index is 0.0307. The molecular weight excluding hydrogens is 274 g/mol. The first kappa shape index (κ1) is 11.6. The standard InChI is InChI=1S/C11H16BrNOS/c1-13(6-8-4-9(14)5-8)7-11-10(12)2-3-15-11/h2-3,8-9,14H,4-7H2,1H3. The molecule has 1 aliphatic rings. The Morgan fingerprint density at radius 2 is 2.33 bits per heavy atom. The Kier molecular flexibility index (Phi) is 3.83. The van der Waals surface area contributed by atoms with Crippen molar-refractivity contribution >= 4 is 27.3 Å². The molecule has 0 saturated heterocycles. The summed E-state index contributed by atoms with van der Waals surface area (Å²) in [6, 6.07) is 2.10. The van der Waals surface area contributed by atoms with Crippen molar-refractivity contribution in [3.8, 4) is 0 Å². The quantitative estimate of drug-likeness (QED) is 0.921. The van der Waals surface area contributed by atoms with Gasteiger partial charge in [-0.25, -0.2) is 0 Å². The molecule has 2 nitrogen and oxygen atoms in total. The molecule has 0 bridgehead atoms. The van der Waals surface area contributed by atoms with Gasteiger partial charge in [0.2, 0.25) is 0 Å². The Labute approximate surface area is 103 Å². The SMILES string of the molecule is CN(Cc1sccc1Br)CC1CC(O)C1. The number of aliphatic hydroxyl groups excluding tert-OH is 1. The normalized spacial score (nSPS) is 25.6. The van der Waals surface area contributed by atoms with Crippen molar-refractivity contribution in [2.24, 2.45) is 5.92 Å². The van der Waals surface area contributed by atoms with Crippen molar-refractivity contribution in [3.05, 3.63) is 20.8 Å². The fourth-order valence-corrected chi connectivity index (χ4v) is 3.59. The summed E-state index contributed by atoms with van der Waals surface area (Å²) in [7, 11) is 2.15. The third-order valence-corrected chi connectivity index (χ3v) is 4.80. The van der Waals surface area contributed by atoms with Crippen molar-refractivity contribution in [2.75, 3.05) is 13.6 Å². The predicted octanol–water partition coefficient (Wildman–Crippen LogP) is 2.71. The Hall–Kier alpha value is 0.1000. The molecular formula is C11H16BrNOS. The van der Waals surface area contributed by atoms with E-state index in [9.17, 15) is 5.11 Å². The molecule has 15 heavy (non-hydrogen) atoms. The van der Waals surface area contributed by atoms with E-state index in [0.717, 1.165) is 25.9 Å². The molecule has 0 spiro atoms. The van der Waals surface area contributed by atoms with Crippen molar-refractivity contribution in [3.63, 3.8) is 0 Å². The number of hydrogen-bond donors (Lipinski definition) is 1. The first-order chi connectivity index (χ1) is 7.15. The molecule has 4 heteroatoms. The van der Waals surface area contributed by atoms with Crippen LogP contribution in [0.4, 0.5) is 0 Å². The van der Waals surface area contributed by atoms with Gasteiger partial charge in [-0.15, -0.1) is 11.3 Å². The summed E-state index contributed by atoms with van der Waals surface area (Å²) in [5, 5.41) is 11.3. The Balaban J connectivity index is 1.77. The van der Waals surface area contributed by atoms with Crippen LogP contribution in [0.3, 0.4) is 0 Å². The maximum Gasteiger partial charge on any atom is 0.0546 e. The Morgan fingerprint density at radius 1 is 1.60 bits per heavy atom. The number of rotatable bonds is 4. The van der Waals surface area contributed by atoms with Crippen LogP contribution >= 0.6 is 27.3 Å². The van der Waals surface area contributed by atoms with E-state index in [1.807, 2.05) is 0 Å². The molecule has 0 aromatic carbocycles. The zero-order chi connectivity index (χ0) is 10.8. The van der Waals surface area contributed by atoms with Gasteiger partial charge in [0, 0.05) is 22.4 Å². The van der Waals surface area contributed by atoms with Gasteiger partial charge in [-0.2, -0.15) is 0 Å². The molecule has 0 amide bonds. The smallest absolute Gasteiger partial charge is 0.0546 e. The molecule has 1 saturated carbocycles. The summed E-state index contributed by atoms with van der Waals surface area (Å²) >= 11 is 5.34. The summed E-state index contributed by atoms with van der Waals surface area (Å²) in [5.74, 6) is 0.698. The van der Waals surface area contributed by atoms with Gasteiger partial charge < -0.3 is 10.0 Å². The molecule has 1 fully saturated rings. The van der Waals surface area contributed by atoms with E-state index in [2.05, 4.69) is 39.3 Å². The average molecular weight is 290 g/mol. The highest BCUT2D eigenvalue weighted by Crippen LogP contribution is 2.29. The maximum atomic E-state index is 9.21. The van der Waals surface area contributed by atoms with E-state index in [1.165, 1.54) is 9.35 Å². The van der Waals surface area contributed by atoms with E-state index in [1.54, 1.807) is 11.3 Å². The van der Waals surface area contributed by atoms with Gasteiger partial charge in [0.25, 0.3) is 0 Å². The highest BCUT2D eigenvalue weighted by molar-refractivity contribution is 9.10. The molecule has 1 heterocycles. The van der Waals surface area contributed by atoms with Crippen LogP contribution in [-0.4, -0.2) is 29.7 Å². The number of aliphatic hydroxyl groups is 1. The molecule has 1 aromatic heterocycles. The molecule has 0 unspecified atom stereocenters. The molecule has 0 aliphatic heterocycles. The lowest BCUT2D eigenvalue weighted by Gasteiger charge is -2.34. The Bertz CT molecular complexity index is 322. The van der Waals surface area contributed by atoms with Crippen LogP contribution in [0.5, 0.6) is 0 Å². The van der Waals surface area contributed by atoms with Crippen LogP contribution in [0.25, 0.3) is 0 Å². The summed E-state index contributed by atoms with van der Waals surface area (Å²) in [6.45, 7) is 2.10. The molecule has 1 N–H and O–H groups in total. The number of nitrogens with zero attached hydrogens (tertiary/aromatic N) is 1. The summed E-state index contributed by atoms with van der Waals surface area (Å²) in [5.41, 5.74) is 0. The lowest BCUT2D eigenvalue weighted by atomic mass is 9.82. The second-order valence-corrected chi connectivity index (χ2v) is 6.23. The van der Waals surface area contributed by atoms with E-state index < -0.39 is 0 Å². The van der Waals surface area contributed by atoms with Gasteiger partial charge in [0.15, 0.2) is 0 Å². The number of halogens is 1. The van der Waals surface area contributed by atoms with Crippen molar-refractivity contribution in [1.82, 2.24) is 4.90 Å². The van der Waals surface area contributed by atoms with Crippen LogP contribution < -0.4 is 0 Å². The fourth-order valence-electron chi connectivity index (χ4n) is 2.04. The zero-order valence-electron chi connectivity index (χ0n) is 8.82. The molecule has 1 aliphatic carbocycles. The van der Waals surface area contributed by atoms with Crippen LogP contribution in [0.15, 0.2) is 15.9 Å². The third kappa shape index (κ3) is 3.03. The van der Waals surface area contributed by atoms with Crippen LogP contribution in [0.2, 0.25) is 0 Å². The maximum absolute atomic E-state index is 9.21. The van der Waals surface area contributed by atoms with Crippen molar-refractivity contribution in [1.29, 1.82) is 0 Å². The first-order valence-electron chi connectivity index (χ1n) is 5.23. The minimum atomic E-state index is -0.0307. The van der Waals surface area contributed by atoms with E-state index in [0.29, 0.717) is 5.92 Å². The second-order valence-electron chi connectivity index (χ2n) is 4.38. The first-order valence-corrected chi connectivity index (χ1v) is 6.91. The molecule has 0 atom stereocenters. The Morgan fingerprint density at radius 3 is 2.87 bits per heavy atom. The minimum Gasteiger partial charge on any atom is -0.393 e. The number of thiophene rings is 1. The second kappa shape index (κ2) is 4.95. The van der Waals surface area contributed by atoms with Crippen molar-refractivity contribution < 1.29 is 5.11 Å². The lowest BCUT2D eigenvalue weighted by molar-refractivity contribution is 0.0275. The molecule has 2 rings (SSSR count). The van der Waals surface area contributed by atoms with Crippen LogP contribution in [0, 0.1) is 5.92 Å². The lowest BCUT2D eigenvalue weighted by Crippen LogP contribution is -2.36. The van der Waals surface area contributed by atoms with E-state index in [4.69, 9.17) is 0 Å². The van der Waals surface area contributed by atoms with Crippen LogP contribution in [0.1, 0.15) is 17.7 Å². The van der Waals surface area contributed by atoms with Crippen molar-refractivity contribution in [2.45, 2.75) is 25.5 Å². The fraction of sp³-hybridized carbons (Fsp3) is 0.636. The van der Waals surface area contributed by atoms with Gasteiger partial charge >= 0.3 is 0 Å². The van der Waals surface area contributed by atoms with Crippen LogP contribution in [-0.2, 0) is 6.54 Å². The zero-order valence-corrected chi connectivity index (χ0v) is 11.2. The molecule has 84 valence electrons.